The predicted octanol–water partition coefficient (Wildman–Crippen LogP) is 2.79. The maximum atomic E-state index is 12.2. The Morgan fingerprint density at radius 2 is 1.84 bits per heavy atom. The molecule has 2 aromatic rings. The lowest BCUT2D eigenvalue weighted by Gasteiger charge is -2.10. The van der Waals surface area contributed by atoms with Gasteiger partial charge < -0.3 is 5.73 Å². The first-order chi connectivity index (χ1) is 9.03. The summed E-state index contributed by atoms with van der Waals surface area (Å²) in [6, 6.07) is 13.6. The van der Waals surface area contributed by atoms with Crippen molar-refractivity contribution in [1.29, 1.82) is 0 Å². The van der Waals surface area contributed by atoms with Crippen molar-refractivity contribution in [2.24, 2.45) is 0 Å². The monoisotopic (exact) mass is 294 g/mol. The van der Waals surface area contributed by atoms with Crippen LogP contribution >= 0.6 is 11.8 Å². The molecule has 0 unspecified atom stereocenters. The fourth-order valence-electron chi connectivity index (χ4n) is 1.62. The van der Waals surface area contributed by atoms with Crippen LogP contribution in [-0.2, 0) is 10.0 Å². The van der Waals surface area contributed by atoms with Crippen LogP contribution in [0.5, 0.6) is 0 Å². The van der Waals surface area contributed by atoms with E-state index in [2.05, 4.69) is 4.72 Å². The Bertz CT molecular complexity index is 685. The summed E-state index contributed by atoms with van der Waals surface area (Å²) in [5.41, 5.74) is 6.45. The van der Waals surface area contributed by atoms with E-state index >= 15 is 0 Å². The third-order valence-corrected chi connectivity index (χ3v) is 4.71. The summed E-state index contributed by atoms with van der Waals surface area (Å²) in [6.07, 6.45) is 1.93. The third kappa shape index (κ3) is 3.21. The van der Waals surface area contributed by atoms with E-state index in [1.807, 2.05) is 12.3 Å². The van der Waals surface area contributed by atoms with E-state index in [1.54, 1.807) is 48.2 Å². The van der Waals surface area contributed by atoms with Crippen molar-refractivity contribution in [3.8, 4) is 0 Å². The van der Waals surface area contributed by atoms with Crippen molar-refractivity contribution >= 4 is 33.2 Å². The largest absolute Gasteiger partial charge is 0.398 e. The summed E-state index contributed by atoms with van der Waals surface area (Å²) in [7, 11) is -3.65. The molecule has 0 aromatic heterocycles. The van der Waals surface area contributed by atoms with Crippen LogP contribution < -0.4 is 10.5 Å². The van der Waals surface area contributed by atoms with Gasteiger partial charge in [-0.1, -0.05) is 18.2 Å². The van der Waals surface area contributed by atoms with E-state index in [0.29, 0.717) is 5.69 Å². The molecule has 3 N–H and O–H groups in total. The summed E-state index contributed by atoms with van der Waals surface area (Å²) >= 11 is 1.55. The highest BCUT2D eigenvalue weighted by atomic mass is 32.2. The minimum absolute atomic E-state index is 0.0876. The van der Waals surface area contributed by atoms with Gasteiger partial charge in [-0.05, 0) is 36.6 Å². The van der Waals surface area contributed by atoms with Gasteiger partial charge in [0, 0.05) is 10.6 Å². The Morgan fingerprint density at radius 3 is 2.53 bits per heavy atom. The topological polar surface area (TPSA) is 72.2 Å². The number of rotatable bonds is 4. The van der Waals surface area contributed by atoms with E-state index in [4.69, 9.17) is 5.73 Å². The van der Waals surface area contributed by atoms with Crippen LogP contribution in [0.15, 0.2) is 58.3 Å². The molecular formula is C13H14N2O2S2. The Morgan fingerprint density at radius 1 is 1.11 bits per heavy atom. The molecule has 0 heterocycles. The lowest BCUT2D eigenvalue weighted by Crippen LogP contribution is -2.14. The molecule has 0 aliphatic rings. The quantitative estimate of drug-likeness (QED) is 0.672. The third-order valence-electron chi connectivity index (χ3n) is 2.53. The molecule has 0 aliphatic carbocycles. The second-order valence-electron chi connectivity index (χ2n) is 3.88. The molecular weight excluding hydrogens is 280 g/mol. The van der Waals surface area contributed by atoms with Crippen molar-refractivity contribution in [1.82, 2.24) is 0 Å². The number of hydrogen-bond acceptors (Lipinski definition) is 4. The number of nitrogen functional groups attached to an aromatic ring is 1. The fraction of sp³-hybridized carbons (Fsp3) is 0.0769. The van der Waals surface area contributed by atoms with Gasteiger partial charge in [-0.3, -0.25) is 4.72 Å². The summed E-state index contributed by atoms with van der Waals surface area (Å²) in [6.45, 7) is 0. The zero-order valence-electron chi connectivity index (χ0n) is 10.3. The molecule has 6 heteroatoms. The van der Waals surface area contributed by atoms with Gasteiger partial charge in [-0.2, -0.15) is 0 Å². The zero-order chi connectivity index (χ0) is 13.9. The number of hydrogen-bond donors (Lipinski definition) is 2. The van der Waals surface area contributed by atoms with Crippen LogP contribution in [-0.4, -0.2) is 14.7 Å². The number of nitrogens with two attached hydrogens (primary N) is 1. The van der Waals surface area contributed by atoms with Gasteiger partial charge >= 0.3 is 0 Å². The molecule has 0 atom stereocenters. The van der Waals surface area contributed by atoms with Crippen molar-refractivity contribution in [3.63, 3.8) is 0 Å². The zero-order valence-corrected chi connectivity index (χ0v) is 12.0. The molecule has 0 aliphatic heterocycles. The van der Waals surface area contributed by atoms with Gasteiger partial charge in [0.1, 0.15) is 4.90 Å². The first-order valence-corrected chi connectivity index (χ1v) is 8.25. The first kappa shape index (κ1) is 13.8. The lowest BCUT2D eigenvalue weighted by molar-refractivity contribution is 0.601. The summed E-state index contributed by atoms with van der Waals surface area (Å²) < 4.78 is 27.0. The van der Waals surface area contributed by atoms with Crippen LogP contribution in [0, 0.1) is 0 Å². The number of sulfonamides is 1. The molecule has 2 rings (SSSR count). The molecule has 0 amide bonds. The molecule has 19 heavy (non-hydrogen) atoms. The normalized spacial score (nSPS) is 11.2. The van der Waals surface area contributed by atoms with Crippen molar-refractivity contribution in [2.45, 2.75) is 9.79 Å². The van der Waals surface area contributed by atoms with Gasteiger partial charge in [0.15, 0.2) is 0 Å². The molecule has 2 aromatic carbocycles. The van der Waals surface area contributed by atoms with Gasteiger partial charge in [-0.25, -0.2) is 8.42 Å². The highest BCUT2D eigenvalue weighted by molar-refractivity contribution is 7.98. The molecule has 0 bridgehead atoms. The molecule has 0 saturated heterocycles. The van der Waals surface area contributed by atoms with Crippen LogP contribution in [0.4, 0.5) is 11.4 Å². The Kier molecular flexibility index (Phi) is 4.01. The van der Waals surface area contributed by atoms with Gasteiger partial charge in [0.2, 0.25) is 0 Å². The van der Waals surface area contributed by atoms with Crippen LogP contribution in [0.1, 0.15) is 0 Å². The Labute approximate surface area is 117 Å². The Balaban J connectivity index is 2.34. The fourth-order valence-corrected chi connectivity index (χ4v) is 3.26. The summed E-state index contributed by atoms with van der Waals surface area (Å²) in [4.78, 5) is 1.07. The number of thioether (sulfide) groups is 1. The van der Waals surface area contributed by atoms with E-state index in [9.17, 15) is 8.42 Å². The maximum Gasteiger partial charge on any atom is 0.263 e. The smallest absolute Gasteiger partial charge is 0.263 e. The van der Waals surface area contributed by atoms with E-state index in [0.717, 1.165) is 4.90 Å². The van der Waals surface area contributed by atoms with Crippen LogP contribution in [0.25, 0.3) is 0 Å². The highest BCUT2D eigenvalue weighted by Gasteiger charge is 2.16. The Hall–Kier alpha value is -1.66. The van der Waals surface area contributed by atoms with Gasteiger partial charge in [0.05, 0.1) is 5.69 Å². The minimum Gasteiger partial charge on any atom is -0.398 e. The number of nitrogens with one attached hydrogen (secondary N) is 1. The second kappa shape index (κ2) is 5.54. The number of anilines is 2. The van der Waals surface area contributed by atoms with Gasteiger partial charge in [-0.15, -0.1) is 11.8 Å². The van der Waals surface area contributed by atoms with E-state index in [1.165, 1.54) is 6.07 Å². The van der Waals surface area contributed by atoms with Crippen LogP contribution in [0.2, 0.25) is 0 Å². The standard InChI is InChI=1S/C13H14N2O2S2/c1-18-11-6-4-5-10(9-11)15-19(16,17)13-8-3-2-7-12(13)14/h2-9,15H,14H2,1H3. The second-order valence-corrected chi connectivity index (χ2v) is 6.41. The number of benzene rings is 2. The molecule has 0 fully saturated rings. The average Bonchev–Trinajstić information content (AvgIpc) is 2.38. The van der Waals surface area contributed by atoms with E-state index in [-0.39, 0.29) is 10.6 Å². The van der Waals surface area contributed by atoms with Gasteiger partial charge in [0.25, 0.3) is 10.0 Å². The SMILES string of the molecule is CSc1cccc(NS(=O)(=O)c2ccccc2N)c1. The highest BCUT2D eigenvalue weighted by Crippen LogP contribution is 2.23. The molecule has 4 nitrogen and oxygen atoms in total. The molecule has 100 valence electrons. The van der Waals surface area contributed by atoms with Crippen molar-refractivity contribution < 1.29 is 8.42 Å². The maximum absolute atomic E-state index is 12.2. The molecule has 0 spiro atoms. The predicted molar refractivity (Wildman–Crippen MR) is 79.9 cm³/mol. The lowest BCUT2D eigenvalue weighted by atomic mass is 10.3. The summed E-state index contributed by atoms with van der Waals surface area (Å²) in [5.74, 6) is 0. The molecule has 0 radical (unpaired) electrons. The summed E-state index contributed by atoms with van der Waals surface area (Å²) in [5, 5.41) is 0. The average molecular weight is 294 g/mol. The van der Waals surface area contributed by atoms with Crippen molar-refractivity contribution in [2.75, 3.05) is 16.7 Å². The van der Waals surface area contributed by atoms with E-state index < -0.39 is 10.0 Å². The number of para-hydroxylation sites is 1. The first-order valence-electron chi connectivity index (χ1n) is 5.54. The minimum atomic E-state index is -3.65. The van der Waals surface area contributed by atoms with Crippen LogP contribution in [0.3, 0.4) is 0 Å². The van der Waals surface area contributed by atoms with Crippen molar-refractivity contribution in [3.05, 3.63) is 48.5 Å². The molecule has 0 saturated carbocycles.